The maximum Gasteiger partial charge on any atom is 0.335 e. The van der Waals surface area contributed by atoms with E-state index in [4.69, 9.17) is 10.5 Å². The van der Waals surface area contributed by atoms with Gasteiger partial charge in [-0.05, 0) is 38.5 Å². The predicted molar refractivity (Wildman–Crippen MR) is 66.4 cm³/mol. The number of anilines is 1. The molecule has 1 atom stereocenters. The number of carbonyl (C=O) groups is 1. The molecule has 1 aromatic carbocycles. The Morgan fingerprint density at radius 2 is 1.88 bits per heavy atom. The lowest BCUT2D eigenvalue weighted by atomic mass is 10.1. The lowest BCUT2D eigenvalue weighted by molar-refractivity contribution is -0.164. The zero-order chi connectivity index (χ0) is 13.1. The first-order chi connectivity index (χ1) is 7.78. The van der Waals surface area contributed by atoms with E-state index in [1.54, 1.807) is 45.0 Å². The molecular formula is C13H19NO3. The van der Waals surface area contributed by atoms with Crippen molar-refractivity contribution in [1.29, 1.82) is 0 Å². The molecule has 4 heteroatoms. The Hall–Kier alpha value is -1.55. The number of hydrogen-bond acceptors (Lipinski definition) is 4. The van der Waals surface area contributed by atoms with Gasteiger partial charge in [0.2, 0.25) is 0 Å². The summed E-state index contributed by atoms with van der Waals surface area (Å²) in [6.07, 6.45) is -0.910. The summed E-state index contributed by atoms with van der Waals surface area (Å²) in [4.78, 5) is 11.5. The van der Waals surface area contributed by atoms with Crippen LogP contribution in [0.1, 0.15) is 26.3 Å². The summed E-state index contributed by atoms with van der Waals surface area (Å²) in [5.74, 6) is -0.602. The van der Waals surface area contributed by atoms with Gasteiger partial charge in [-0.15, -0.1) is 0 Å². The highest BCUT2D eigenvalue weighted by Gasteiger charge is 2.23. The summed E-state index contributed by atoms with van der Waals surface area (Å²) in [5.41, 5.74) is 6.46. The molecule has 1 rings (SSSR count). The van der Waals surface area contributed by atoms with Gasteiger partial charge in [0.25, 0.3) is 0 Å². The van der Waals surface area contributed by atoms with Crippen molar-refractivity contribution in [3.8, 4) is 0 Å². The summed E-state index contributed by atoms with van der Waals surface area (Å²) in [5, 5.41) is 9.70. The molecule has 0 aliphatic heterocycles. The zero-order valence-corrected chi connectivity index (χ0v) is 10.4. The number of hydrogen-bond donors (Lipinski definition) is 2. The second kappa shape index (κ2) is 5.19. The third-order valence-electron chi connectivity index (χ3n) is 2.09. The number of carbonyl (C=O) groups excluding carboxylic acids is 1. The molecule has 0 saturated heterocycles. The maximum atomic E-state index is 11.5. The first-order valence-electron chi connectivity index (χ1n) is 5.53. The number of ether oxygens (including phenoxy) is 1. The van der Waals surface area contributed by atoms with Crippen molar-refractivity contribution in [2.75, 3.05) is 5.73 Å². The van der Waals surface area contributed by atoms with E-state index in [9.17, 15) is 9.90 Å². The monoisotopic (exact) mass is 237 g/mol. The third-order valence-corrected chi connectivity index (χ3v) is 2.09. The van der Waals surface area contributed by atoms with Crippen molar-refractivity contribution >= 4 is 11.7 Å². The van der Waals surface area contributed by atoms with Crippen LogP contribution in [0.3, 0.4) is 0 Å². The van der Waals surface area contributed by atoms with Gasteiger partial charge in [0.05, 0.1) is 0 Å². The Bertz CT molecular complexity index is 379. The molecule has 0 radical (unpaired) electrons. The molecule has 0 aliphatic carbocycles. The molecule has 94 valence electrons. The molecule has 3 N–H and O–H groups in total. The largest absolute Gasteiger partial charge is 0.458 e. The Morgan fingerprint density at radius 3 is 2.35 bits per heavy atom. The van der Waals surface area contributed by atoms with Gasteiger partial charge in [0.15, 0.2) is 6.10 Å². The standard InChI is InChI=1S/C13H19NO3/c1-13(2,3)17-12(16)11(15)8-9-4-6-10(14)7-5-9/h4-7,11,15H,8,14H2,1-3H3. The van der Waals surface area contributed by atoms with Crippen LogP contribution in [0, 0.1) is 0 Å². The maximum absolute atomic E-state index is 11.5. The molecular weight excluding hydrogens is 218 g/mol. The number of esters is 1. The summed E-state index contributed by atoms with van der Waals surface area (Å²) in [6.45, 7) is 5.29. The zero-order valence-electron chi connectivity index (χ0n) is 10.4. The van der Waals surface area contributed by atoms with Crippen molar-refractivity contribution in [2.24, 2.45) is 0 Å². The second-order valence-corrected chi connectivity index (χ2v) is 4.99. The lowest BCUT2D eigenvalue weighted by Crippen LogP contribution is -2.32. The van der Waals surface area contributed by atoms with Gasteiger partial charge in [-0.1, -0.05) is 12.1 Å². The number of nitrogen functional groups attached to an aromatic ring is 1. The quantitative estimate of drug-likeness (QED) is 0.617. The summed E-state index contributed by atoms with van der Waals surface area (Å²) in [6, 6.07) is 7.03. The molecule has 0 aliphatic rings. The molecule has 0 heterocycles. The average molecular weight is 237 g/mol. The minimum Gasteiger partial charge on any atom is -0.458 e. The van der Waals surface area contributed by atoms with Crippen LogP contribution in [-0.2, 0) is 16.0 Å². The van der Waals surface area contributed by atoms with Crippen LogP contribution in [0.4, 0.5) is 5.69 Å². The fourth-order valence-corrected chi connectivity index (χ4v) is 1.33. The van der Waals surface area contributed by atoms with Crippen molar-refractivity contribution in [2.45, 2.75) is 38.9 Å². The number of rotatable bonds is 3. The summed E-state index contributed by atoms with van der Waals surface area (Å²) < 4.78 is 5.08. The molecule has 0 aromatic heterocycles. The predicted octanol–water partition coefficient (Wildman–Crippen LogP) is 1.51. The third kappa shape index (κ3) is 4.87. The molecule has 4 nitrogen and oxygen atoms in total. The highest BCUT2D eigenvalue weighted by Crippen LogP contribution is 2.12. The van der Waals surface area contributed by atoms with E-state index in [0.29, 0.717) is 5.69 Å². The number of benzene rings is 1. The van der Waals surface area contributed by atoms with E-state index in [-0.39, 0.29) is 6.42 Å². The van der Waals surface area contributed by atoms with Crippen LogP contribution in [-0.4, -0.2) is 22.8 Å². The fourth-order valence-electron chi connectivity index (χ4n) is 1.33. The van der Waals surface area contributed by atoms with Crippen molar-refractivity contribution in [3.05, 3.63) is 29.8 Å². The second-order valence-electron chi connectivity index (χ2n) is 4.99. The van der Waals surface area contributed by atoms with Crippen molar-refractivity contribution < 1.29 is 14.6 Å². The summed E-state index contributed by atoms with van der Waals surface area (Å²) in [7, 11) is 0. The molecule has 1 aromatic rings. The van der Waals surface area contributed by atoms with Crippen LogP contribution in [0.25, 0.3) is 0 Å². The van der Waals surface area contributed by atoms with Crippen molar-refractivity contribution in [3.63, 3.8) is 0 Å². The van der Waals surface area contributed by atoms with Crippen LogP contribution in [0.15, 0.2) is 24.3 Å². The van der Waals surface area contributed by atoms with Gasteiger partial charge in [0.1, 0.15) is 5.60 Å². The first-order valence-corrected chi connectivity index (χ1v) is 5.53. The highest BCUT2D eigenvalue weighted by atomic mass is 16.6. The first kappa shape index (κ1) is 13.5. The number of aliphatic hydroxyl groups is 1. The Labute approximate surface area is 101 Å². The Morgan fingerprint density at radius 1 is 1.35 bits per heavy atom. The van der Waals surface area contributed by atoms with E-state index < -0.39 is 17.7 Å². The minimum atomic E-state index is -1.14. The smallest absolute Gasteiger partial charge is 0.335 e. The molecule has 0 bridgehead atoms. The van der Waals surface area contributed by atoms with Gasteiger partial charge in [-0.25, -0.2) is 4.79 Å². The molecule has 1 unspecified atom stereocenters. The summed E-state index contributed by atoms with van der Waals surface area (Å²) >= 11 is 0. The van der Waals surface area contributed by atoms with Gasteiger partial charge < -0.3 is 15.6 Å². The molecule has 0 amide bonds. The van der Waals surface area contributed by atoms with Crippen LogP contribution in [0.2, 0.25) is 0 Å². The van der Waals surface area contributed by atoms with Gasteiger partial charge >= 0.3 is 5.97 Å². The lowest BCUT2D eigenvalue weighted by Gasteiger charge is -2.21. The van der Waals surface area contributed by atoms with E-state index in [0.717, 1.165) is 5.56 Å². The van der Waals surface area contributed by atoms with Gasteiger partial charge in [0, 0.05) is 12.1 Å². The SMILES string of the molecule is CC(C)(C)OC(=O)C(O)Cc1ccc(N)cc1. The van der Waals surface area contributed by atoms with Crippen LogP contribution < -0.4 is 5.73 Å². The van der Waals surface area contributed by atoms with E-state index >= 15 is 0 Å². The van der Waals surface area contributed by atoms with E-state index in [1.807, 2.05) is 0 Å². The molecule has 0 spiro atoms. The highest BCUT2D eigenvalue weighted by molar-refractivity contribution is 5.75. The fraction of sp³-hybridized carbons (Fsp3) is 0.462. The molecule has 0 saturated carbocycles. The van der Waals surface area contributed by atoms with Gasteiger partial charge in [-0.3, -0.25) is 0 Å². The van der Waals surface area contributed by atoms with Crippen LogP contribution in [0.5, 0.6) is 0 Å². The van der Waals surface area contributed by atoms with E-state index in [1.165, 1.54) is 0 Å². The molecule has 17 heavy (non-hydrogen) atoms. The normalized spacial score (nSPS) is 13.2. The molecule has 0 fully saturated rings. The average Bonchev–Trinajstić information content (AvgIpc) is 2.19. The van der Waals surface area contributed by atoms with Crippen molar-refractivity contribution in [1.82, 2.24) is 0 Å². The van der Waals surface area contributed by atoms with E-state index in [2.05, 4.69) is 0 Å². The topological polar surface area (TPSA) is 72.5 Å². The van der Waals surface area contributed by atoms with Crippen LogP contribution >= 0.6 is 0 Å². The number of aliphatic hydroxyl groups excluding tert-OH is 1. The Kier molecular flexibility index (Phi) is 4.12. The number of nitrogens with two attached hydrogens (primary N) is 1. The van der Waals surface area contributed by atoms with Gasteiger partial charge in [-0.2, -0.15) is 0 Å². The Balaban J connectivity index is 2.57. The minimum absolute atomic E-state index is 0.231.